The minimum atomic E-state index is -0.857. The summed E-state index contributed by atoms with van der Waals surface area (Å²) in [5.41, 5.74) is 3.92. The smallest absolute Gasteiger partial charge is 0.355 e. The van der Waals surface area contributed by atoms with Gasteiger partial charge in [0, 0.05) is 5.22 Å². The molecule has 2 atom stereocenters. The van der Waals surface area contributed by atoms with Gasteiger partial charge in [-0.05, 0) is 53.0 Å². The molecule has 250 valence electrons. The average molecular weight is 681 g/mol. The lowest BCUT2D eigenvalue weighted by atomic mass is 9.76. The predicted molar refractivity (Wildman–Crippen MR) is 197 cm³/mol. The fourth-order valence-electron chi connectivity index (χ4n) is 6.26. The molecule has 2 unspecified atom stereocenters. The minimum absolute atomic E-state index is 0.0579. The molecule has 4 aromatic rings. The number of esters is 1. The maximum absolute atomic E-state index is 14.2. The highest BCUT2D eigenvalue weighted by atomic mass is 32.2. The molecule has 7 heteroatoms. The lowest BCUT2D eigenvalue weighted by Crippen LogP contribution is -2.72. The average Bonchev–Trinajstić information content (AvgIpc) is 3.15. The molecule has 1 saturated heterocycles. The zero-order valence-electron chi connectivity index (χ0n) is 27.9. The number of rotatable bonds is 11. The Bertz CT molecular complexity index is 2030. The quantitative estimate of drug-likeness (QED) is 0.0495. The molecule has 1 heterocycles. The molecule has 0 spiro atoms. The number of amides is 1. The van der Waals surface area contributed by atoms with Gasteiger partial charge in [-0.2, -0.15) is 0 Å². The van der Waals surface area contributed by atoms with E-state index < -0.39 is 22.9 Å². The van der Waals surface area contributed by atoms with Gasteiger partial charge >= 0.3 is 5.97 Å². The molecule has 1 amide bonds. The van der Waals surface area contributed by atoms with Crippen molar-refractivity contribution < 1.29 is 18.7 Å². The largest absolute Gasteiger partial charge is 0.456 e. The van der Waals surface area contributed by atoms with Gasteiger partial charge in [0.25, 0.3) is 0 Å². The number of likely N-dealkylation sites (tertiary alicyclic amines) is 1. The van der Waals surface area contributed by atoms with E-state index in [1.807, 2.05) is 105 Å². The van der Waals surface area contributed by atoms with Crippen molar-refractivity contribution >= 4 is 23.6 Å². The van der Waals surface area contributed by atoms with Crippen molar-refractivity contribution in [1.29, 1.82) is 0 Å². The number of carbonyl (C=O) groups excluding carboxylic acids is 2. The van der Waals surface area contributed by atoms with E-state index in [-0.39, 0.29) is 24.0 Å². The molecule has 1 N–H and O–H groups in total. The van der Waals surface area contributed by atoms with Crippen LogP contribution < -0.4 is 5.32 Å². The highest BCUT2D eigenvalue weighted by Gasteiger charge is 2.54. The molecule has 0 radical (unpaired) electrons. The van der Waals surface area contributed by atoms with E-state index in [0.29, 0.717) is 11.3 Å². The van der Waals surface area contributed by atoms with Gasteiger partial charge < -0.3 is 4.74 Å². The maximum atomic E-state index is 14.2. The van der Waals surface area contributed by atoms with E-state index in [2.05, 4.69) is 47.6 Å². The second kappa shape index (κ2) is 15.4. The summed E-state index contributed by atoms with van der Waals surface area (Å²) in [5.74, 6) is 2.25. The Hall–Kier alpha value is -5.42. The van der Waals surface area contributed by atoms with Crippen molar-refractivity contribution in [1.82, 2.24) is 10.2 Å². The molecule has 4 aromatic carbocycles. The van der Waals surface area contributed by atoms with Crippen LogP contribution in [0.25, 0.3) is 0 Å². The number of allylic oxidation sites excluding steroid dienone is 1. The number of ether oxygens (including phenoxy) is 1. The summed E-state index contributed by atoms with van der Waals surface area (Å²) >= 11 is 1.45. The number of benzene rings is 5. The van der Waals surface area contributed by atoms with Gasteiger partial charge in [-0.3, -0.25) is 15.0 Å². The van der Waals surface area contributed by atoms with E-state index in [1.54, 1.807) is 11.0 Å². The zero-order valence-corrected chi connectivity index (χ0v) is 28.7. The first-order chi connectivity index (χ1) is 24.3. The van der Waals surface area contributed by atoms with Gasteiger partial charge in [0.15, 0.2) is 0 Å². The van der Waals surface area contributed by atoms with Crippen LogP contribution in [0.1, 0.15) is 36.1 Å². The zero-order chi connectivity index (χ0) is 35.1. The molecule has 2 aliphatic carbocycles. The van der Waals surface area contributed by atoms with Gasteiger partial charge in [-0.25, -0.2) is 9.18 Å². The van der Waals surface area contributed by atoms with Crippen LogP contribution in [-0.2, 0) is 26.5 Å². The Labute approximate surface area is 296 Å². The van der Waals surface area contributed by atoms with Gasteiger partial charge in [0.1, 0.15) is 29.5 Å². The van der Waals surface area contributed by atoms with Crippen molar-refractivity contribution in [3.63, 3.8) is 0 Å². The number of carbonyl (C=O) groups is 2. The number of β-lactam (4-membered cyclic amide) rings is 1. The fraction of sp³-hybridized carbons (Fsp3) is 0.163. The monoisotopic (exact) mass is 680 g/mol. The van der Waals surface area contributed by atoms with E-state index in [0.717, 1.165) is 32.7 Å². The Kier molecular flexibility index (Phi) is 10.6. The van der Waals surface area contributed by atoms with Crippen LogP contribution in [-0.4, -0.2) is 33.9 Å². The Balaban J connectivity index is 0.000000542. The van der Waals surface area contributed by atoms with E-state index >= 15 is 0 Å². The molecule has 0 saturated carbocycles. The highest BCUT2D eigenvalue weighted by Crippen LogP contribution is 2.42. The van der Waals surface area contributed by atoms with E-state index in [1.165, 1.54) is 17.8 Å². The second-order valence-corrected chi connectivity index (χ2v) is 13.3. The van der Waals surface area contributed by atoms with Crippen LogP contribution in [0.4, 0.5) is 4.39 Å². The molecule has 0 bridgehead atoms. The number of hydrogen-bond acceptors (Lipinski definition) is 5. The van der Waals surface area contributed by atoms with Gasteiger partial charge in [0.2, 0.25) is 5.91 Å². The number of terminal acetylenes is 1. The number of nitrogens with zero attached hydrogens (tertiary/aromatic N) is 1. The van der Waals surface area contributed by atoms with Crippen LogP contribution in [0.2, 0.25) is 0 Å². The molecular weight excluding hydrogens is 644 g/mol. The van der Waals surface area contributed by atoms with Crippen LogP contribution in [0.5, 0.6) is 0 Å². The number of hydrogen-bond donors (Lipinski definition) is 1. The summed E-state index contributed by atoms with van der Waals surface area (Å²) < 4.78 is 17.7. The normalized spacial score (nSPS) is 15.5. The molecule has 0 aromatic heterocycles. The van der Waals surface area contributed by atoms with Crippen molar-refractivity contribution in [2.75, 3.05) is 5.75 Å². The fourth-order valence-corrected chi connectivity index (χ4v) is 7.27. The summed E-state index contributed by atoms with van der Waals surface area (Å²) in [4.78, 5) is 29.2. The molecule has 1 aliphatic heterocycles. The summed E-state index contributed by atoms with van der Waals surface area (Å²) in [6, 6.07) is 44.4. The number of halogens is 1. The summed E-state index contributed by atoms with van der Waals surface area (Å²) in [7, 11) is 0. The van der Waals surface area contributed by atoms with Gasteiger partial charge in [0.05, 0.1) is 11.3 Å². The number of thioether (sulfide) groups is 1. The lowest BCUT2D eigenvalue weighted by molar-refractivity contribution is -0.152. The standard InChI is InChI=1S/C37H34N2O3S.C6H3F/c1-4-25-43-35-32(34(40)39(35)33(27(2)3)36(41)42-26-28-17-9-5-10-18-28)38-37(29-19-11-6-12-20-29,30-21-13-7-14-22-30)31-23-15-8-16-24-31;7-6-3-4-1-2-5(4)6/h1,5-24,32,35,38H,25-26H2,2-3H3;1-3H. The number of nitrogens with one attached hydrogen (secondary N) is 1. The third kappa shape index (κ3) is 6.86. The van der Waals surface area contributed by atoms with Crippen LogP contribution >= 0.6 is 11.8 Å². The molecular formula is C43H37FN2O3S. The Morgan fingerprint density at radius 2 is 1.36 bits per heavy atom. The van der Waals surface area contributed by atoms with Crippen molar-refractivity contribution in [2.45, 2.75) is 37.4 Å². The maximum Gasteiger partial charge on any atom is 0.355 e. The second-order valence-electron chi connectivity index (χ2n) is 12.2. The topological polar surface area (TPSA) is 58.6 Å². The molecule has 3 aliphatic rings. The third-order valence-electron chi connectivity index (χ3n) is 8.77. The van der Waals surface area contributed by atoms with E-state index in [4.69, 9.17) is 11.2 Å². The van der Waals surface area contributed by atoms with Crippen LogP contribution in [0, 0.1) is 28.6 Å². The van der Waals surface area contributed by atoms with E-state index in [9.17, 15) is 14.0 Å². The van der Waals surface area contributed by atoms with Crippen LogP contribution in [0.3, 0.4) is 0 Å². The molecule has 5 nitrogen and oxygen atoms in total. The summed E-state index contributed by atoms with van der Waals surface area (Å²) in [6.45, 7) is 3.75. The summed E-state index contributed by atoms with van der Waals surface area (Å²) in [5, 5.41) is 5.23. The van der Waals surface area contributed by atoms with Gasteiger partial charge in [-0.15, -0.1) is 18.2 Å². The van der Waals surface area contributed by atoms with Crippen LogP contribution in [0.15, 0.2) is 151 Å². The highest BCUT2D eigenvalue weighted by molar-refractivity contribution is 8.00. The first-order valence-corrected chi connectivity index (χ1v) is 17.4. The molecule has 1 fully saturated rings. The Morgan fingerprint density at radius 1 is 0.840 bits per heavy atom. The summed E-state index contributed by atoms with van der Waals surface area (Å²) in [6.07, 6.45) is 5.69. The third-order valence-corrected chi connectivity index (χ3v) is 9.93. The first kappa shape index (κ1) is 34.4. The predicted octanol–water partition coefficient (Wildman–Crippen LogP) is 7.93. The Morgan fingerprint density at radius 3 is 1.74 bits per heavy atom. The van der Waals surface area contributed by atoms with Crippen molar-refractivity contribution in [3.05, 3.63) is 189 Å². The molecule has 7 rings (SSSR count). The first-order valence-electron chi connectivity index (χ1n) is 16.4. The molecule has 50 heavy (non-hydrogen) atoms. The van der Waals surface area contributed by atoms with Crippen molar-refractivity contribution in [2.24, 2.45) is 0 Å². The minimum Gasteiger partial charge on any atom is -0.456 e. The van der Waals surface area contributed by atoms with Gasteiger partial charge in [-0.1, -0.05) is 139 Å². The SMILES string of the molecule is C#CCSC1C(NC(c2ccccc2)(c2ccccc2)c2ccccc2)C(=O)N1C(C(=O)OCc1ccccc1)=C(C)C.Fc1cc2ccc1=2. The van der Waals surface area contributed by atoms with Crippen molar-refractivity contribution in [3.8, 4) is 12.3 Å². The lowest BCUT2D eigenvalue weighted by Gasteiger charge is -2.51.